The molecule has 6 nitrogen and oxygen atoms in total. The van der Waals surface area contributed by atoms with Crippen molar-refractivity contribution in [3.63, 3.8) is 0 Å². The summed E-state index contributed by atoms with van der Waals surface area (Å²) in [6.45, 7) is 2.74. The summed E-state index contributed by atoms with van der Waals surface area (Å²) >= 11 is 0. The zero-order valence-corrected chi connectivity index (χ0v) is 13.9. The molecule has 1 heterocycles. The Hall–Kier alpha value is -0.660. The number of sulfonamides is 1. The topological polar surface area (TPSA) is 87.3 Å². The van der Waals surface area contributed by atoms with Gasteiger partial charge >= 0.3 is 0 Å². The van der Waals surface area contributed by atoms with E-state index < -0.39 is 10.0 Å². The zero-order chi connectivity index (χ0) is 15.6. The molecule has 3 aliphatic rings. The summed E-state index contributed by atoms with van der Waals surface area (Å²) in [5.41, 5.74) is 0.205. The lowest BCUT2D eigenvalue weighted by Crippen LogP contribution is -2.39. The van der Waals surface area contributed by atoms with Gasteiger partial charge in [-0.2, -0.15) is 0 Å². The summed E-state index contributed by atoms with van der Waals surface area (Å²) in [6.07, 6.45) is 6.54. The van der Waals surface area contributed by atoms with E-state index in [-0.39, 0.29) is 29.5 Å². The monoisotopic (exact) mass is 329 g/mol. The quantitative estimate of drug-likeness (QED) is 0.623. The van der Waals surface area contributed by atoms with E-state index in [2.05, 4.69) is 15.4 Å². The van der Waals surface area contributed by atoms with E-state index in [1.54, 1.807) is 0 Å². The summed E-state index contributed by atoms with van der Waals surface area (Å²) in [7, 11) is -3.26. The molecule has 2 saturated carbocycles. The van der Waals surface area contributed by atoms with Gasteiger partial charge < -0.3 is 10.6 Å². The number of amides is 1. The van der Waals surface area contributed by atoms with Crippen molar-refractivity contribution in [2.75, 3.05) is 31.9 Å². The van der Waals surface area contributed by atoms with Crippen molar-refractivity contribution in [3.8, 4) is 0 Å². The average Bonchev–Trinajstić information content (AvgIpc) is 3.11. The fourth-order valence-corrected chi connectivity index (χ4v) is 4.65. The number of hydrogen-bond donors (Lipinski definition) is 3. The van der Waals surface area contributed by atoms with Gasteiger partial charge in [-0.1, -0.05) is 6.42 Å². The molecule has 0 radical (unpaired) electrons. The molecule has 1 amide bonds. The molecule has 7 heteroatoms. The van der Waals surface area contributed by atoms with Crippen molar-refractivity contribution in [2.24, 2.45) is 17.3 Å². The van der Waals surface area contributed by atoms with Gasteiger partial charge in [0.25, 0.3) is 0 Å². The van der Waals surface area contributed by atoms with Crippen LogP contribution in [0.2, 0.25) is 0 Å². The maximum absolute atomic E-state index is 12.1. The van der Waals surface area contributed by atoms with E-state index in [4.69, 9.17) is 0 Å². The van der Waals surface area contributed by atoms with Gasteiger partial charge in [0.2, 0.25) is 15.9 Å². The van der Waals surface area contributed by atoms with Crippen LogP contribution in [0.4, 0.5) is 0 Å². The first-order valence-corrected chi connectivity index (χ1v) is 10.1. The molecule has 22 heavy (non-hydrogen) atoms. The molecule has 0 aromatic heterocycles. The van der Waals surface area contributed by atoms with E-state index in [1.165, 1.54) is 6.42 Å². The van der Waals surface area contributed by atoms with Crippen molar-refractivity contribution in [1.82, 2.24) is 15.4 Å². The average molecular weight is 329 g/mol. The summed E-state index contributed by atoms with van der Waals surface area (Å²) in [5, 5.41) is 6.13. The lowest BCUT2D eigenvalue weighted by molar-refractivity contribution is -0.123. The highest BCUT2D eigenvalue weighted by molar-refractivity contribution is 7.89. The Morgan fingerprint density at radius 2 is 1.95 bits per heavy atom. The second kappa shape index (κ2) is 6.45. The van der Waals surface area contributed by atoms with Gasteiger partial charge in [-0.05, 0) is 56.5 Å². The normalized spacial score (nSPS) is 27.4. The Kier molecular flexibility index (Phi) is 4.75. The molecule has 0 bridgehead atoms. The second-order valence-electron chi connectivity index (χ2n) is 7.12. The van der Waals surface area contributed by atoms with Crippen LogP contribution < -0.4 is 15.4 Å². The fourth-order valence-electron chi connectivity index (χ4n) is 3.64. The molecule has 0 aromatic rings. The van der Waals surface area contributed by atoms with Crippen LogP contribution >= 0.6 is 0 Å². The number of rotatable bonds is 7. The van der Waals surface area contributed by atoms with Gasteiger partial charge in [0.15, 0.2) is 0 Å². The van der Waals surface area contributed by atoms with E-state index in [0.29, 0.717) is 12.5 Å². The zero-order valence-electron chi connectivity index (χ0n) is 13.1. The largest absolute Gasteiger partial charge is 0.355 e. The summed E-state index contributed by atoms with van der Waals surface area (Å²) in [4.78, 5) is 12.1. The molecule has 1 saturated heterocycles. The van der Waals surface area contributed by atoms with Gasteiger partial charge in [0, 0.05) is 19.0 Å². The number of hydrogen-bond acceptors (Lipinski definition) is 4. The van der Waals surface area contributed by atoms with Crippen LogP contribution in [0.1, 0.15) is 38.5 Å². The summed E-state index contributed by atoms with van der Waals surface area (Å²) in [6, 6.07) is 0. The molecule has 1 unspecified atom stereocenters. The molecule has 2 aliphatic carbocycles. The van der Waals surface area contributed by atoms with E-state index >= 15 is 0 Å². The third kappa shape index (κ3) is 3.81. The molecular formula is C15H27N3O3S. The molecule has 126 valence electrons. The van der Waals surface area contributed by atoms with Crippen molar-refractivity contribution >= 4 is 15.9 Å². The molecular weight excluding hydrogens is 302 g/mol. The molecule has 1 spiro atoms. The smallest absolute Gasteiger partial charge is 0.223 e. The molecule has 3 rings (SSSR count). The third-order valence-electron chi connectivity index (χ3n) is 5.59. The molecule has 3 N–H and O–H groups in total. The fraction of sp³-hybridized carbons (Fsp3) is 0.933. The van der Waals surface area contributed by atoms with Crippen molar-refractivity contribution < 1.29 is 13.2 Å². The first kappa shape index (κ1) is 16.2. The van der Waals surface area contributed by atoms with Crippen LogP contribution in [0.15, 0.2) is 0 Å². The van der Waals surface area contributed by atoms with Gasteiger partial charge in [-0.3, -0.25) is 4.79 Å². The van der Waals surface area contributed by atoms with Crippen LogP contribution in [0.3, 0.4) is 0 Å². The maximum atomic E-state index is 12.1. The van der Waals surface area contributed by atoms with Crippen molar-refractivity contribution in [1.29, 1.82) is 0 Å². The highest BCUT2D eigenvalue weighted by Gasteiger charge is 2.57. The molecule has 3 fully saturated rings. The number of nitrogens with one attached hydrogen (secondary N) is 3. The second-order valence-corrected chi connectivity index (χ2v) is 9.05. The lowest BCUT2D eigenvalue weighted by atomic mass is 9.86. The standard InChI is InChI=1S/C15H27N3O3S/c19-14(13-10-15(13)4-6-16-7-5-15)17-8-9-22(20,21)18-11-12-2-1-3-12/h12-13,16,18H,1-11H2,(H,17,19). The summed E-state index contributed by atoms with van der Waals surface area (Å²) in [5.74, 6) is 0.624. The van der Waals surface area contributed by atoms with Crippen molar-refractivity contribution in [3.05, 3.63) is 0 Å². The SMILES string of the molecule is O=C(NCCS(=O)(=O)NCC1CCC1)C1CC12CCNCC2. The van der Waals surface area contributed by atoms with E-state index in [0.717, 1.165) is 45.2 Å². The number of carbonyl (C=O) groups excluding carboxylic acids is 1. The Balaban J connectivity index is 1.35. The van der Waals surface area contributed by atoms with Crippen LogP contribution in [-0.2, 0) is 14.8 Å². The van der Waals surface area contributed by atoms with E-state index in [1.807, 2.05) is 0 Å². The summed E-state index contributed by atoms with van der Waals surface area (Å²) < 4.78 is 26.4. The van der Waals surface area contributed by atoms with Crippen LogP contribution in [0.5, 0.6) is 0 Å². The molecule has 1 aliphatic heterocycles. The Labute approximate surface area is 132 Å². The predicted molar refractivity (Wildman–Crippen MR) is 84.8 cm³/mol. The Morgan fingerprint density at radius 3 is 2.59 bits per heavy atom. The van der Waals surface area contributed by atoms with Crippen LogP contribution in [-0.4, -0.2) is 46.3 Å². The van der Waals surface area contributed by atoms with Gasteiger partial charge in [-0.25, -0.2) is 13.1 Å². The van der Waals surface area contributed by atoms with Crippen molar-refractivity contribution in [2.45, 2.75) is 38.5 Å². The minimum absolute atomic E-state index is 0.0211. The van der Waals surface area contributed by atoms with Gasteiger partial charge in [0.05, 0.1) is 5.75 Å². The highest BCUT2D eigenvalue weighted by atomic mass is 32.2. The number of piperidine rings is 1. The van der Waals surface area contributed by atoms with Gasteiger partial charge in [-0.15, -0.1) is 0 Å². The first-order valence-electron chi connectivity index (χ1n) is 8.47. The third-order valence-corrected chi connectivity index (χ3v) is 6.94. The number of carbonyl (C=O) groups is 1. The molecule has 1 atom stereocenters. The highest BCUT2D eigenvalue weighted by Crippen LogP contribution is 2.58. The predicted octanol–water partition coefficient (Wildman–Crippen LogP) is 0.212. The van der Waals surface area contributed by atoms with E-state index in [9.17, 15) is 13.2 Å². The first-order chi connectivity index (χ1) is 10.5. The molecule has 0 aromatic carbocycles. The van der Waals surface area contributed by atoms with Crippen LogP contribution in [0.25, 0.3) is 0 Å². The Bertz CT molecular complexity index is 510. The van der Waals surface area contributed by atoms with Gasteiger partial charge in [0.1, 0.15) is 0 Å². The Morgan fingerprint density at radius 1 is 1.23 bits per heavy atom. The lowest BCUT2D eigenvalue weighted by Gasteiger charge is -2.25. The van der Waals surface area contributed by atoms with Crippen LogP contribution in [0, 0.1) is 17.3 Å². The minimum Gasteiger partial charge on any atom is -0.355 e. The maximum Gasteiger partial charge on any atom is 0.223 e. The minimum atomic E-state index is -3.26.